The van der Waals surface area contributed by atoms with E-state index in [1.54, 1.807) is 0 Å². The van der Waals surface area contributed by atoms with Gasteiger partial charge in [0.15, 0.2) is 0 Å². The fourth-order valence-electron chi connectivity index (χ4n) is 3.54. The number of rotatable bonds is 4. The molecule has 2 N–H and O–H groups in total. The van der Waals surface area contributed by atoms with E-state index in [2.05, 4.69) is 23.8 Å². The molecule has 0 spiro atoms. The van der Waals surface area contributed by atoms with Gasteiger partial charge in [-0.3, -0.25) is 4.90 Å². The lowest BCUT2D eigenvalue weighted by molar-refractivity contribution is 0.103. The maximum atomic E-state index is 6.02. The van der Waals surface area contributed by atoms with E-state index < -0.39 is 0 Å². The zero-order valence-corrected chi connectivity index (χ0v) is 11.6. The molecule has 0 radical (unpaired) electrons. The molecule has 1 aliphatic carbocycles. The number of hydrogen-bond acceptors (Lipinski definition) is 3. The third-order valence-corrected chi connectivity index (χ3v) is 4.53. The van der Waals surface area contributed by atoms with E-state index in [4.69, 9.17) is 5.73 Å². The molecule has 100 valence electrons. The monoisotopic (exact) mass is 239 g/mol. The van der Waals surface area contributed by atoms with Crippen molar-refractivity contribution in [1.29, 1.82) is 0 Å². The van der Waals surface area contributed by atoms with Crippen LogP contribution >= 0.6 is 0 Å². The average molecular weight is 239 g/mol. The van der Waals surface area contributed by atoms with Crippen molar-refractivity contribution in [2.24, 2.45) is 5.73 Å². The predicted molar refractivity (Wildman–Crippen MR) is 73.1 cm³/mol. The van der Waals surface area contributed by atoms with Crippen LogP contribution in [0.25, 0.3) is 0 Å². The van der Waals surface area contributed by atoms with Crippen molar-refractivity contribution < 1.29 is 0 Å². The highest BCUT2D eigenvalue weighted by Gasteiger charge is 2.31. The van der Waals surface area contributed by atoms with Gasteiger partial charge in [0, 0.05) is 24.7 Å². The van der Waals surface area contributed by atoms with Crippen LogP contribution in [0.3, 0.4) is 0 Å². The van der Waals surface area contributed by atoms with Crippen molar-refractivity contribution in [3.05, 3.63) is 0 Å². The van der Waals surface area contributed by atoms with E-state index in [1.807, 2.05) is 0 Å². The number of nitrogens with two attached hydrogens (primary N) is 1. The zero-order chi connectivity index (χ0) is 12.3. The van der Waals surface area contributed by atoms with Gasteiger partial charge in [-0.2, -0.15) is 0 Å². The molecule has 0 aromatic carbocycles. The van der Waals surface area contributed by atoms with E-state index in [0.717, 1.165) is 12.1 Å². The third-order valence-electron chi connectivity index (χ3n) is 4.53. The van der Waals surface area contributed by atoms with E-state index in [-0.39, 0.29) is 0 Å². The fourth-order valence-corrected chi connectivity index (χ4v) is 3.54. The van der Waals surface area contributed by atoms with Crippen molar-refractivity contribution in [3.8, 4) is 0 Å². The Morgan fingerprint density at radius 2 is 1.82 bits per heavy atom. The molecule has 2 rings (SSSR count). The van der Waals surface area contributed by atoms with Gasteiger partial charge in [0.1, 0.15) is 0 Å². The van der Waals surface area contributed by atoms with Gasteiger partial charge in [-0.05, 0) is 58.7 Å². The second-order valence-electron chi connectivity index (χ2n) is 6.01. The van der Waals surface area contributed by atoms with Crippen LogP contribution in [0.5, 0.6) is 0 Å². The molecule has 17 heavy (non-hydrogen) atoms. The first kappa shape index (κ1) is 13.3. The van der Waals surface area contributed by atoms with Gasteiger partial charge in [-0.25, -0.2) is 0 Å². The molecule has 1 atom stereocenters. The van der Waals surface area contributed by atoms with Crippen LogP contribution in [0.4, 0.5) is 0 Å². The molecule has 2 aliphatic rings. The molecule has 1 saturated heterocycles. The summed E-state index contributed by atoms with van der Waals surface area (Å²) in [5.74, 6) is 0. The highest BCUT2D eigenvalue weighted by Crippen LogP contribution is 2.26. The largest absolute Gasteiger partial charge is 0.328 e. The van der Waals surface area contributed by atoms with Crippen molar-refractivity contribution in [3.63, 3.8) is 0 Å². The Labute approximate surface area is 106 Å². The summed E-state index contributed by atoms with van der Waals surface area (Å²) in [6.45, 7) is 6.12. The lowest BCUT2D eigenvalue weighted by Crippen LogP contribution is -2.47. The Bertz CT molecular complexity index is 224. The molecule has 0 aromatic rings. The van der Waals surface area contributed by atoms with Crippen LogP contribution in [0, 0.1) is 0 Å². The topological polar surface area (TPSA) is 32.5 Å². The summed E-state index contributed by atoms with van der Waals surface area (Å²) in [5.41, 5.74) is 6.02. The van der Waals surface area contributed by atoms with Crippen molar-refractivity contribution in [2.45, 2.75) is 63.6 Å². The van der Waals surface area contributed by atoms with Gasteiger partial charge in [-0.15, -0.1) is 0 Å². The van der Waals surface area contributed by atoms with Crippen molar-refractivity contribution in [2.75, 3.05) is 26.7 Å². The van der Waals surface area contributed by atoms with Gasteiger partial charge in [-0.1, -0.05) is 6.92 Å². The quantitative estimate of drug-likeness (QED) is 0.810. The van der Waals surface area contributed by atoms with E-state index in [0.29, 0.717) is 6.04 Å². The lowest BCUT2D eigenvalue weighted by Gasteiger charge is -2.39. The van der Waals surface area contributed by atoms with Crippen LogP contribution in [0.15, 0.2) is 0 Å². The first-order valence-corrected chi connectivity index (χ1v) is 7.40. The average Bonchev–Trinajstić information content (AvgIpc) is 2.74. The molecule has 3 heteroatoms. The molecule has 1 saturated carbocycles. The summed E-state index contributed by atoms with van der Waals surface area (Å²) in [6, 6.07) is 2.09. The minimum Gasteiger partial charge on any atom is -0.328 e. The zero-order valence-electron chi connectivity index (χ0n) is 11.6. The minimum absolute atomic E-state index is 0.473. The van der Waals surface area contributed by atoms with Gasteiger partial charge in [0.05, 0.1) is 0 Å². The van der Waals surface area contributed by atoms with Crippen LogP contribution in [-0.2, 0) is 0 Å². The van der Waals surface area contributed by atoms with Crippen LogP contribution in [0.2, 0.25) is 0 Å². The highest BCUT2D eigenvalue weighted by atomic mass is 15.3. The maximum Gasteiger partial charge on any atom is 0.0238 e. The molecule has 0 amide bonds. The molecule has 1 aliphatic heterocycles. The smallest absolute Gasteiger partial charge is 0.0238 e. The Hall–Kier alpha value is -0.120. The summed E-state index contributed by atoms with van der Waals surface area (Å²) < 4.78 is 0. The molecular weight excluding hydrogens is 210 g/mol. The number of nitrogens with zero attached hydrogens (tertiary/aromatic N) is 2. The SMILES string of the molecule is CCCN(C1CCC(N)CC1)C1CCN(C)C1. The molecular formula is C14H29N3. The summed E-state index contributed by atoms with van der Waals surface area (Å²) in [7, 11) is 2.25. The summed E-state index contributed by atoms with van der Waals surface area (Å²) in [4.78, 5) is 5.28. The first-order valence-electron chi connectivity index (χ1n) is 7.40. The standard InChI is InChI=1S/C14H29N3/c1-3-9-17(14-8-10-16(2)11-14)13-6-4-12(15)5-7-13/h12-14H,3-11,15H2,1-2H3. The van der Waals surface area contributed by atoms with Crippen LogP contribution in [-0.4, -0.2) is 54.6 Å². The molecule has 0 aromatic heterocycles. The second-order valence-corrected chi connectivity index (χ2v) is 6.01. The minimum atomic E-state index is 0.473. The van der Waals surface area contributed by atoms with Crippen molar-refractivity contribution in [1.82, 2.24) is 9.80 Å². The number of hydrogen-bond donors (Lipinski definition) is 1. The van der Waals surface area contributed by atoms with Gasteiger partial charge >= 0.3 is 0 Å². The summed E-state index contributed by atoms with van der Waals surface area (Å²) in [5, 5.41) is 0. The molecule has 1 unspecified atom stereocenters. The Kier molecular flexibility index (Phi) is 4.83. The number of likely N-dealkylation sites (N-methyl/N-ethyl adjacent to an activating group) is 1. The summed E-state index contributed by atoms with van der Waals surface area (Å²) >= 11 is 0. The van der Waals surface area contributed by atoms with E-state index in [1.165, 1.54) is 58.2 Å². The van der Waals surface area contributed by atoms with E-state index in [9.17, 15) is 0 Å². The molecule has 1 heterocycles. The highest BCUT2D eigenvalue weighted by molar-refractivity contribution is 4.88. The Morgan fingerprint density at radius 3 is 2.35 bits per heavy atom. The van der Waals surface area contributed by atoms with Gasteiger partial charge < -0.3 is 10.6 Å². The van der Waals surface area contributed by atoms with Crippen molar-refractivity contribution >= 4 is 0 Å². The molecule has 2 fully saturated rings. The van der Waals surface area contributed by atoms with Crippen LogP contribution < -0.4 is 5.73 Å². The lowest BCUT2D eigenvalue weighted by atomic mass is 9.89. The third kappa shape index (κ3) is 3.43. The van der Waals surface area contributed by atoms with Gasteiger partial charge in [0.25, 0.3) is 0 Å². The first-order chi connectivity index (χ1) is 8.20. The van der Waals surface area contributed by atoms with E-state index >= 15 is 0 Å². The second kappa shape index (κ2) is 6.17. The van der Waals surface area contributed by atoms with Gasteiger partial charge in [0.2, 0.25) is 0 Å². The fraction of sp³-hybridized carbons (Fsp3) is 1.00. The number of likely N-dealkylation sites (tertiary alicyclic amines) is 1. The Morgan fingerprint density at radius 1 is 1.12 bits per heavy atom. The van der Waals surface area contributed by atoms with Crippen LogP contribution in [0.1, 0.15) is 45.4 Å². The Balaban J connectivity index is 1.91. The summed E-state index contributed by atoms with van der Waals surface area (Å²) in [6.07, 6.45) is 7.74. The maximum absolute atomic E-state index is 6.02. The molecule has 0 bridgehead atoms. The molecule has 3 nitrogen and oxygen atoms in total. The predicted octanol–water partition coefficient (Wildman–Crippen LogP) is 1.67. The normalized spacial score (nSPS) is 35.6.